The van der Waals surface area contributed by atoms with Gasteiger partial charge in [0, 0.05) is 18.2 Å². The van der Waals surface area contributed by atoms with E-state index in [2.05, 4.69) is 10.3 Å². The Balaban J connectivity index is 2.25. The Morgan fingerprint density at radius 1 is 1.61 bits per heavy atom. The first kappa shape index (κ1) is 17.3. The van der Waals surface area contributed by atoms with Crippen molar-refractivity contribution in [1.29, 1.82) is 0 Å². The number of aromatic amines is 1. The zero-order valence-electron chi connectivity index (χ0n) is 12.6. The number of nitrogens with zero attached hydrogens (tertiary/aromatic N) is 1. The fraction of sp³-hybridized carbons (Fsp3) is 0.615. The second kappa shape index (κ2) is 6.62. The molecule has 10 nitrogen and oxygen atoms in total. The van der Waals surface area contributed by atoms with Crippen LogP contribution in [0.25, 0.3) is 0 Å². The number of hydrogen-bond donors (Lipinski definition) is 5. The summed E-state index contributed by atoms with van der Waals surface area (Å²) in [5.74, 6) is -0.464. The number of carbonyl (C=O) groups excluding carboxylic acids is 1. The van der Waals surface area contributed by atoms with Gasteiger partial charge in [-0.05, 0) is 6.92 Å². The summed E-state index contributed by atoms with van der Waals surface area (Å²) in [6, 6.07) is 0. The number of H-pyrrole nitrogens is 1. The van der Waals surface area contributed by atoms with Gasteiger partial charge >= 0.3 is 5.69 Å². The first-order valence-corrected chi connectivity index (χ1v) is 7.08. The van der Waals surface area contributed by atoms with Gasteiger partial charge in [0.2, 0.25) is 5.91 Å². The number of ether oxygens (including phenoxy) is 1. The molecule has 1 fully saturated rings. The third-order valence-electron chi connectivity index (χ3n) is 3.90. The molecular weight excluding hydrogens is 308 g/mol. The van der Waals surface area contributed by atoms with Crippen molar-refractivity contribution in [3.63, 3.8) is 0 Å². The van der Waals surface area contributed by atoms with Crippen LogP contribution in [-0.2, 0) is 9.53 Å². The van der Waals surface area contributed by atoms with E-state index in [1.807, 2.05) is 0 Å². The monoisotopic (exact) mass is 328 g/mol. The molecule has 3 atom stereocenters. The molecule has 0 aliphatic carbocycles. The summed E-state index contributed by atoms with van der Waals surface area (Å²) in [6.45, 7) is 0.571. The molecule has 0 aromatic carbocycles. The van der Waals surface area contributed by atoms with E-state index in [0.717, 1.165) is 4.57 Å². The molecule has 1 aliphatic heterocycles. The summed E-state index contributed by atoms with van der Waals surface area (Å²) >= 11 is 0. The van der Waals surface area contributed by atoms with E-state index >= 15 is 0 Å². The van der Waals surface area contributed by atoms with Gasteiger partial charge in [-0.2, -0.15) is 0 Å². The number of aryl methyl sites for hydroxylation is 1. The first-order chi connectivity index (χ1) is 10.8. The minimum atomic E-state index is -1.45. The van der Waals surface area contributed by atoms with Gasteiger partial charge in [-0.15, -0.1) is 0 Å². The minimum absolute atomic E-state index is 0.0183. The first-order valence-electron chi connectivity index (χ1n) is 7.08. The molecule has 1 aliphatic rings. The number of aliphatic hydroxyl groups excluding tert-OH is 2. The topological polar surface area (TPSA) is 160 Å². The maximum atomic E-state index is 11.9. The largest absolute Gasteiger partial charge is 0.393 e. The van der Waals surface area contributed by atoms with Crippen LogP contribution in [0, 0.1) is 6.92 Å². The summed E-state index contributed by atoms with van der Waals surface area (Å²) in [5, 5.41) is 22.3. The van der Waals surface area contributed by atoms with Crippen molar-refractivity contribution in [3.05, 3.63) is 32.6 Å². The average molecular weight is 328 g/mol. The lowest BCUT2D eigenvalue weighted by atomic mass is 9.97. The maximum absolute atomic E-state index is 11.9. The van der Waals surface area contributed by atoms with Crippen molar-refractivity contribution in [2.45, 2.75) is 31.3 Å². The smallest absolute Gasteiger partial charge is 0.330 e. The lowest BCUT2D eigenvalue weighted by Crippen LogP contribution is -2.53. The predicted octanol–water partition coefficient (Wildman–Crippen LogP) is -3.07. The quantitative estimate of drug-likeness (QED) is 0.383. The van der Waals surface area contributed by atoms with Crippen molar-refractivity contribution < 1.29 is 19.7 Å². The van der Waals surface area contributed by atoms with Crippen LogP contribution in [0.2, 0.25) is 0 Å². The predicted molar refractivity (Wildman–Crippen MR) is 78.7 cm³/mol. The van der Waals surface area contributed by atoms with Crippen LogP contribution in [0.4, 0.5) is 0 Å². The average Bonchev–Trinajstić information content (AvgIpc) is 2.85. The van der Waals surface area contributed by atoms with E-state index in [0.29, 0.717) is 5.56 Å². The number of carbonyl (C=O) groups is 1. The highest BCUT2D eigenvalue weighted by Crippen LogP contribution is 2.35. The molecule has 2 heterocycles. The highest BCUT2D eigenvalue weighted by molar-refractivity contribution is 5.77. The Labute approximate surface area is 130 Å². The van der Waals surface area contributed by atoms with Gasteiger partial charge in [0.15, 0.2) is 0 Å². The molecule has 23 heavy (non-hydrogen) atoms. The molecule has 10 heteroatoms. The van der Waals surface area contributed by atoms with Gasteiger partial charge in [0.25, 0.3) is 5.56 Å². The number of nitrogens with one attached hydrogen (secondary N) is 2. The molecule has 2 rings (SSSR count). The number of aromatic nitrogens is 2. The Kier molecular flexibility index (Phi) is 5.00. The van der Waals surface area contributed by atoms with E-state index in [4.69, 9.17) is 10.5 Å². The Morgan fingerprint density at radius 3 is 2.91 bits per heavy atom. The minimum Gasteiger partial charge on any atom is -0.393 e. The van der Waals surface area contributed by atoms with E-state index in [-0.39, 0.29) is 19.5 Å². The van der Waals surface area contributed by atoms with Crippen molar-refractivity contribution >= 4 is 5.91 Å². The standard InChI is InChI=1S/C13H20N4O6/c1-7-4-17(12(22)16-11(7)21)10-2-8(19)13(6-18,23-10)5-15-9(20)3-14/h4,8,10,18-19H,2-3,5-6,14H2,1H3,(H,15,20)(H,16,21,22)/t8-,10+,13+/m0/s1. The molecule has 128 valence electrons. The third-order valence-corrected chi connectivity index (χ3v) is 3.90. The maximum Gasteiger partial charge on any atom is 0.330 e. The molecule has 1 amide bonds. The lowest BCUT2D eigenvalue weighted by molar-refractivity contribution is -0.135. The molecule has 1 aromatic heterocycles. The van der Waals surface area contributed by atoms with E-state index < -0.39 is 41.7 Å². The highest BCUT2D eigenvalue weighted by Gasteiger charge is 2.48. The fourth-order valence-electron chi connectivity index (χ4n) is 2.45. The van der Waals surface area contributed by atoms with E-state index in [1.165, 1.54) is 13.1 Å². The number of nitrogens with two attached hydrogens (primary N) is 1. The van der Waals surface area contributed by atoms with Crippen LogP contribution in [0.3, 0.4) is 0 Å². The van der Waals surface area contributed by atoms with Crippen molar-refractivity contribution in [2.75, 3.05) is 19.7 Å². The van der Waals surface area contributed by atoms with Gasteiger partial charge in [0.1, 0.15) is 11.8 Å². The number of hydrogen-bond acceptors (Lipinski definition) is 7. The van der Waals surface area contributed by atoms with Gasteiger partial charge < -0.3 is 26.0 Å². The number of aliphatic hydroxyl groups is 2. The third kappa shape index (κ3) is 3.34. The SMILES string of the molecule is Cc1cn([C@H]2C[C@H](O)[C@](CO)(CNC(=O)CN)O2)c(=O)[nH]c1=O. The molecule has 0 spiro atoms. The molecule has 1 saturated heterocycles. The van der Waals surface area contributed by atoms with Gasteiger partial charge in [0.05, 0.1) is 25.8 Å². The molecule has 1 aromatic rings. The fourth-order valence-corrected chi connectivity index (χ4v) is 2.45. The molecule has 6 N–H and O–H groups in total. The Morgan fingerprint density at radius 2 is 2.30 bits per heavy atom. The van der Waals surface area contributed by atoms with Gasteiger partial charge in [-0.3, -0.25) is 19.1 Å². The normalized spacial score (nSPS) is 27.1. The van der Waals surface area contributed by atoms with Gasteiger partial charge in [-0.25, -0.2) is 4.79 Å². The summed E-state index contributed by atoms with van der Waals surface area (Å²) in [4.78, 5) is 36.7. The van der Waals surface area contributed by atoms with Crippen LogP contribution in [0.5, 0.6) is 0 Å². The molecular formula is C13H20N4O6. The van der Waals surface area contributed by atoms with Crippen LogP contribution in [-0.4, -0.2) is 57.1 Å². The van der Waals surface area contributed by atoms with E-state index in [9.17, 15) is 24.6 Å². The van der Waals surface area contributed by atoms with Crippen molar-refractivity contribution in [1.82, 2.24) is 14.9 Å². The highest BCUT2D eigenvalue weighted by atomic mass is 16.6. The van der Waals surface area contributed by atoms with E-state index in [1.54, 1.807) is 0 Å². The van der Waals surface area contributed by atoms with Crippen LogP contribution in [0.15, 0.2) is 15.8 Å². The summed E-state index contributed by atoms with van der Waals surface area (Å²) in [6.07, 6.45) is -0.653. The zero-order chi connectivity index (χ0) is 17.2. The Bertz CT molecular complexity index is 698. The summed E-state index contributed by atoms with van der Waals surface area (Å²) < 4.78 is 6.79. The summed E-state index contributed by atoms with van der Waals surface area (Å²) in [5.41, 5.74) is 2.86. The van der Waals surface area contributed by atoms with Gasteiger partial charge in [-0.1, -0.05) is 0 Å². The number of amides is 1. The second-order valence-electron chi connectivity index (χ2n) is 5.51. The Hall–Kier alpha value is -2.01. The molecule has 0 unspecified atom stereocenters. The van der Waals surface area contributed by atoms with Crippen molar-refractivity contribution in [2.24, 2.45) is 5.73 Å². The zero-order valence-corrected chi connectivity index (χ0v) is 12.6. The molecule has 0 radical (unpaired) electrons. The van der Waals surface area contributed by atoms with Crippen LogP contribution < -0.4 is 22.3 Å². The summed E-state index contributed by atoms with van der Waals surface area (Å²) in [7, 11) is 0. The lowest BCUT2D eigenvalue weighted by Gasteiger charge is -2.30. The van der Waals surface area contributed by atoms with Crippen molar-refractivity contribution in [3.8, 4) is 0 Å². The second-order valence-corrected chi connectivity index (χ2v) is 5.51. The van der Waals surface area contributed by atoms with Crippen LogP contribution in [0.1, 0.15) is 18.2 Å². The van der Waals surface area contributed by atoms with Crippen LogP contribution >= 0.6 is 0 Å². The molecule has 0 bridgehead atoms. The number of rotatable bonds is 5. The molecule has 0 saturated carbocycles.